The van der Waals surface area contributed by atoms with Crippen LogP contribution in [0.3, 0.4) is 0 Å². The minimum Gasteiger partial charge on any atom is -0.460 e. The van der Waals surface area contributed by atoms with E-state index < -0.39 is 41.6 Å². The summed E-state index contributed by atoms with van der Waals surface area (Å²) in [6.07, 6.45) is 3.53. The number of amides is 4. The molecule has 0 radical (unpaired) electrons. The fraction of sp³-hybridized carbons (Fsp3) is 0.484. The number of carbonyl (C=O) groups excluding carboxylic acids is 5. The predicted molar refractivity (Wildman–Crippen MR) is 312 cm³/mol. The van der Waals surface area contributed by atoms with Gasteiger partial charge in [-0.15, -0.1) is 0 Å². The van der Waals surface area contributed by atoms with Crippen LogP contribution in [0.4, 0.5) is 23.2 Å². The van der Waals surface area contributed by atoms with Gasteiger partial charge >= 0.3 is 24.2 Å². The van der Waals surface area contributed by atoms with Gasteiger partial charge in [-0.1, -0.05) is 67.6 Å². The van der Waals surface area contributed by atoms with Gasteiger partial charge in [-0.2, -0.15) is 0 Å². The number of ether oxygens (including phenoxy) is 5. The molecule has 2 aromatic heterocycles. The van der Waals surface area contributed by atoms with Crippen molar-refractivity contribution < 1.29 is 56.4 Å². The lowest BCUT2D eigenvalue weighted by Gasteiger charge is -2.36. The Bertz CT molecular complexity index is 3210. The highest BCUT2D eigenvalue weighted by atomic mass is 19.1. The van der Waals surface area contributed by atoms with E-state index in [0.717, 1.165) is 51.5 Å². The summed E-state index contributed by atoms with van der Waals surface area (Å²) in [5.41, 5.74) is 3.58. The van der Waals surface area contributed by atoms with Crippen LogP contribution in [0.25, 0.3) is 21.8 Å². The average molecular weight is 1150 g/mol. The molecule has 4 N–H and O–H groups in total. The van der Waals surface area contributed by atoms with E-state index in [1.54, 1.807) is 50.5 Å². The summed E-state index contributed by atoms with van der Waals surface area (Å²) >= 11 is 0. The Balaban J connectivity index is 0.000000204. The molecule has 4 amide bonds. The van der Waals surface area contributed by atoms with Crippen molar-refractivity contribution in [3.8, 4) is 0 Å². The van der Waals surface area contributed by atoms with Gasteiger partial charge in [-0.05, 0) is 147 Å². The lowest BCUT2D eigenvalue weighted by molar-refractivity contribution is -0.154. The molecule has 0 saturated carbocycles. The van der Waals surface area contributed by atoms with Crippen molar-refractivity contribution >= 4 is 52.0 Å². The first-order valence-corrected chi connectivity index (χ1v) is 28.7. The Morgan fingerprint density at radius 2 is 1.14 bits per heavy atom. The highest BCUT2D eigenvalue weighted by molar-refractivity contribution is 5.89. The molecule has 446 valence electrons. The molecule has 4 aliphatic rings. The Morgan fingerprint density at radius 3 is 1.64 bits per heavy atom. The highest BCUT2D eigenvalue weighted by Crippen LogP contribution is 2.44. The number of carbonyl (C=O) groups is 5. The van der Waals surface area contributed by atoms with Crippen molar-refractivity contribution in [2.24, 2.45) is 0 Å². The quantitative estimate of drug-likeness (QED) is 0.0711. The number of fused-ring (bicyclic) bond motifs is 4. The van der Waals surface area contributed by atoms with Gasteiger partial charge in [0.2, 0.25) is 5.91 Å². The lowest BCUT2D eigenvalue weighted by atomic mass is 9.91. The number of aromatic nitrogens is 2. The van der Waals surface area contributed by atoms with E-state index in [4.69, 9.17) is 23.7 Å². The van der Waals surface area contributed by atoms with E-state index in [9.17, 15) is 32.8 Å². The summed E-state index contributed by atoms with van der Waals surface area (Å²) in [5.74, 6) is -1.24. The number of halogens is 2. The third kappa shape index (κ3) is 15.6. The largest absolute Gasteiger partial charge is 0.460 e. The standard InChI is InChI=1S/C35H45FN4O6.C22H22FN3O2.C7H14O2/c1-21(45-34(2,3)4)29(38-32(42)46-35(5,6)7)31(41)39-16-15-28-30(39)26(25-18-37-27-17-23(36)13-14-24(25)27)19-40(28)33(43)44-20-22-11-9-8-10-12-22;23-15-6-7-16-17(11-25-19(16)10-15)18-12-26(20-8-9-24-21(18)20)22(27)28-13-14-4-2-1-3-5-14;1-5-6(8)9-7(2,3)4/h8-14,17-18,21,26,28-30,37H,15-16,19-20H2,1-7H3,(H,38,42);1-7,10-11,18,20-21,24-25H,8-9,12-13H2;5H2,1-4H3/t21-,26-,28-,29+,30-;18-,20-,21-;/m11./s1. The topological polar surface area (TPSA) is 197 Å². The van der Waals surface area contributed by atoms with Crippen LogP contribution in [-0.2, 0) is 46.5 Å². The van der Waals surface area contributed by atoms with E-state index in [1.165, 1.54) is 24.3 Å². The first kappa shape index (κ1) is 61.6. The minimum absolute atomic E-state index is 0.122. The molecule has 0 spiro atoms. The molecule has 0 unspecified atom stereocenters. The number of rotatable bonds is 11. The third-order valence-electron chi connectivity index (χ3n) is 15.1. The number of aromatic amines is 2. The van der Waals surface area contributed by atoms with Crippen LogP contribution in [-0.4, -0.2) is 134 Å². The summed E-state index contributed by atoms with van der Waals surface area (Å²) < 4.78 is 55.6. The highest BCUT2D eigenvalue weighted by Gasteiger charge is 2.55. The molecule has 83 heavy (non-hydrogen) atoms. The van der Waals surface area contributed by atoms with Gasteiger partial charge in [-0.25, -0.2) is 23.2 Å². The Morgan fingerprint density at radius 1 is 0.639 bits per heavy atom. The SMILES string of the molecule is CCC(=O)OC(C)(C)C.C[C@@H](OC(C)(C)C)[C@H](NC(=O)OC(C)(C)C)C(=O)N1CC[C@@H]2[C@H]1[C@@H](c1c[nH]c3cc(F)ccc13)CN2C(=O)OCc1ccccc1.O=C(OCc1ccccc1)N1C[C@H](c2c[nH]c3cc(F)ccc23)[C@H]2NCC[C@H]21. The summed E-state index contributed by atoms with van der Waals surface area (Å²) in [6, 6.07) is 27.0. The van der Waals surface area contributed by atoms with Gasteiger partial charge in [0, 0.05) is 78.1 Å². The van der Waals surface area contributed by atoms with E-state index in [2.05, 4.69) is 20.6 Å². The molecule has 19 heteroatoms. The van der Waals surface area contributed by atoms with Crippen molar-refractivity contribution in [2.75, 3.05) is 26.2 Å². The second-order valence-electron chi connectivity index (χ2n) is 24.7. The van der Waals surface area contributed by atoms with E-state index >= 15 is 0 Å². The molecular weight excluding hydrogens is 1060 g/mol. The Hall–Kier alpha value is -7.51. The van der Waals surface area contributed by atoms with Crippen LogP contribution in [0, 0.1) is 11.6 Å². The molecule has 6 aromatic rings. The van der Waals surface area contributed by atoms with Gasteiger partial charge in [0.25, 0.3) is 0 Å². The normalized spacial score (nSPS) is 21.0. The van der Waals surface area contributed by atoms with Gasteiger partial charge in [0.05, 0.1) is 29.8 Å². The second-order valence-corrected chi connectivity index (χ2v) is 24.7. The molecule has 4 aliphatic heterocycles. The summed E-state index contributed by atoms with van der Waals surface area (Å²) in [6.45, 7) is 22.6. The summed E-state index contributed by atoms with van der Waals surface area (Å²) in [7, 11) is 0. The Labute approximate surface area is 485 Å². The maximum absolute atomic E-state index is 14.5. The number of benzene rings is 4. The van der Waals surface area contributed by atoms with E-state index in [1.807, 2.05) is 126 Å². The lowest BCUT2D eigenvalue weighted by Crippen LogP contribution is -2.57. The zero-order valence-electron chi connectivity index (χ0n) is 49.6. The molecule has 4 aromatic carbocycles. The first-order valence-electron chi connectivity index (χ1n) is 28.7. The maximum atomic E-state index is 14.5. The second kappa shape index (κ2) is 26.0. The number of hydrogen-bond donors (Lipinski definition) is 4. The van der Waals surface area contributed by atoms with Crippen molar-refractivity contribution in [2.45, 2.75) is 174 Å². The molecule has 0 bridgehead atoms. The molecule has 10 rings (SSSR count). The molecule has 6 heterocycles. The van der Waals surface area contributed by atoms with Crippen LogP contribution in [0.2, 0.25) is 0 Å². The van der Waals surface area contributed by atoms with Crippen molar-refractivity contribution in [1.82, 2.24) is 35.3 Å². The van der Waals surface area contributed by atoms with Crippen LogP contribution in [0.15, 0.2) is 109 Å². The fourth-order valence-corrected chi connectivity index (χ4v) is 11.8. The fourth-order valence-electron chi connectivity index (χ4n) is 11.8. The number of alkyl carbamates (subject to hydrolysis) is 1. The van der Waals surface area contributed by atoms with Crippen LogP contribution in [0.5, 0.6) is 0 Å². The molecule has 8 atom stereocenters. The Kier molecular flexibility index (Phi) is 19.3. The number of esters is 1. The monoisotopic (exact) mass is 1150 g/mol. The summed E-state index contributed by atoms with van der Waals surface area (Å²) in [5, 5.41) is 8.16. The third-order valence-corrected chi connectivity index (χ3v) is 15.1. The predicted octanol–water partition coefficient (Wildman–Crippen LogP) is 11.6. The zero-order chi connectivity index (χ0) is 60.0. The number of hydrogen-bond acceptors (Lipinski definition) is 11. The smallest absolute Gasteiger partial charge is 0.410 e. The van der Waals surface area contributed by atoms with Crippen LogP contribution < -0.4 is 10.6 Å². The zero-order valence-corrected chi connectivity index (χ0v) is 49.6. The minimum atomic E-state index is -1.05. The molecule has 0 aliphatic carbocycles. The summed E-state index contributed by atoms with van der Waals surface area (Å²) in [4.78, 5) is 76.1. The average Bonchev–Trinajstić information content (AvgIpc) is 2.09. The van der Waals surface area contributed by atoms with E-state index in [-0.39, 0.29) is 78.4 Å². The molecule has 4 fully saturated rings. The van der Waals surface area contributed by atoms with Crippen molar-refractivity contribution in [3.63, 3.8) is 0 Å². The van der Waals surface area contributed by atoms with Crippen molar-refractivity contribution in [1.29, 1.82) is 0 Å². The molecular formula is C64H81F2N7O10. The van der Waals surface area contributed by atoms with Crippen LogP contribution >= 0.6 is 0 Å². The molecule has 4 saturated heterocycles. The van der Waals surface area contributed by atoms with E-state index in [0.29, 0.717) is 38.0 Å². The van der Waals surface area contributed by atoms with Gasteiger partial charge in [-0.3, -0.25) is 9.59 Å². The van der Waals surface area contributed by atoms with Gasteiger partial charge < -0.3 is 59.0 Å². The molecule has 17 nitrogen and oxygen atoms in total. The van der Waals surface area contributed by atoms with Gasteiger partial charge in [0.15, 0.2) is 0 Å². The number of H-pyrrole nitrogens is 2. The van der Waals surface area contributed by atoms with Gasteiger partial charge in [0.1, 0.15) is 42.1 Å². The van der Waals surface area contributed by atoms with Crippen molar-refractivity contribution in [3.05, 3.63) is 143 Å². The number of nitrogens with one attached hydrogen (secondary N) is 4. The first-order chi connectivity index (χ1) is 39.3. The number of nitrogens with zero attached hydrogens (tertiary/aromatic N) is 3. The maximum Gasteiger partial charge on any atom is 0.410 e. The van der Waals surface area contributed by atoms with Crippen LogP contribution in [0.1, 0.15) is 130 Å². The number of likely N-dealkylation sites (tertiary alicyclic amines) is 3.